The van der Waals surface area contributed by atoms with Crippen molar-refractivity contribution in [3.8, 4) is 0 Å². The van der Waals surface area contributed by atoms with Gasteiger partial charge in [0.1, 0.15) is 0 Å². The highest BCUT2D eigenvalue weighted by molar-refractivity contribution is 6.74. The fraction of sp³-hybridized carbons (Fsp3) is 0.846. The topological polar surface area (TPSA) is 49.7 Å². The number of hydrogen-bond acceptors (Lipinski definition) is 3. The summed E-state index contributed by atoms with van der Waals surface area (Å²) in [5, 5.41) is 18.9. The van der Waals surface area contributed by atoms with Gasteiger partial charge in [0.15, 0.2) is 8.32 Å². The molecule has 2 atom stereocenters. The Balaban J connectivity index is 4.35. The van der Waals surface area contributed by atoms with E-state index in [4.69, 9.17) is 4.43 Å². The zero-order chi connectivity index (χ0) is 13.7. The largest absolute Gasteiger partial charge is 0.412 e. The first-order valence-electron chi connectivity index (χ1n) is 6.23. The molecule has 2 N–H and O–H groups in total. The van der Waals surface area contributed by atoms with Gasteiger partial charge in [-0.05, 0) is 31.0 Å². The maximum atomic E-state index is 9.42. The van der Waals surface area contributed by atoms with Gasteiger partial charge in [-0.1, -0.05) is 26.8 Å². The quantitative estimate of drug-likeness (QED) is 0.546. The third-order valence-corrected chi connectivity index (χ3v) is 8.06. The summed E-state index contributed by atoms with van der Waals surface area (Å²) < 4.78 is 6.09. The van der Waals surface area contributed by atoms with E-state index in [0.717, 1.165) is 0 Å². The van der Waals surface area contributed by atoms with Crippen LogP contribution in [-0.4, -0.2) is 37.3 Å². The van der Waals surface area contributed by atoms with Gasteiger partial charge in [0.05, 0.1) is 18.8 Å². The monoisotopic (exact) mass is 260 g/mol. The van der Waals surface area contributed by atoms with E-state index < -0.39 is 14.4 Å². The van der Waals surface area contributed by atoms with Gasteiger partial charge in [0.25, 0.3) is 0 Å². The summed E-state index contributed by atoms with van der Waals surface area (Å²) in [5.41, 5.74) is 0. The van der Waals surface area contributed by atoms with Crippen LogP contribution in [-0.2, 0) is 4.43 Å². The molecule has 0 aliphatic rings. The van der Waals surface area contributed by atoms with Crippen LogP contribution in [0.1, 0.15) is 33.6 Å². The second kappa shape index (κ2) is 6.68. The molecule has 0 heterocycles. The maximum Gasteiger partial charge on any atom is 0.192 e. The third kappa shape index (κ3) is 5.81. The second-order valence-electron chi connectivity index (χ2n) is 6.06. The molecule has 17 heavy (non-hydrogen) atoms. The molecule has 0 aliphatic heterocycles. The van der Waals surface area contributed by atoms with E-state index in [0.29, 0.717) is 12.8 Å². The first kappa shape index (κ1) is 16.8. The first-order chi connectivity index (χ1) is 7.64. The Morgan fingerprint density at radius 1 is 1.29 bits per heavy atom. The van der Waals surface area contributed by atoms with Gasteiger partial charge < -0.3 is 14.6 Å². The summed E-state index contributed by atoms with van der Waals surface area (Å²) in [4.78, 5) is 0. The lowest BCUT2D eigenvalue weighted by molar-refractivity contribution is 0.0828. The normalized spacial score (nSPS) is 16.6. The minimum Gasteiger partial charge on any atom is -0.412 e. The minimum absolute atomic E-state index is 0.0103. The fourth-order valence-corrected chi connectivity index (χ4v) is 2.63. The molecular weight excluding hydrogens is 232 g/mol. The van der Waals surface area contributed by atoms with E-state index in [1.807, 2.05) is 0 Å². The summed E-state index contributed by atoms with van der Waals surface area (Å²) in [6, 6.07) is 0. The Labute approximate surface area is 107 Å². The molecule has 0 radical (unpaired) electrons. The average Bonchev–Trinajstić information content (AvgIpc) is 2.21. The van der Waals surface area contributed by atoms with Crippen molar-refractivity contribution in [2.24, 2.45) is 0 Å². The number of aliphatic hydroxyl groups excluding tert-OH is 2. The average molecular weight is 260 g/mol. The van der Waals surface area contributed by atoms with Crippen LogP contribution in [0.4, 0.5) is 0 Å². The van der Waals surface area contributed by atoms with Crippen molar-refractivity contribution in [2.45, 2.75) is 64.0 Å². The van der Waals surface area contributed by atoms with Crippen LogP contribution in [0.15, 0.2) is 12.7 Å². The molecular formula is C13H28O3Si. The summed E-state index contributed by atoms with van der Waals surface area (Å²) in [6.45, 7) is 14.4. The van der Waals surface area contributed by atoms with Gasteiger partial charge in [-0.2, -0.15) is 0 Å². The number of aliphatic hydroxyl groups is 2. The highest BCUT2D eigenvalue weighted by Crippen LogP contribution is 2.37. The lowest BCUT2D eigenvalue weighted by Gasteiger charge is -2.39. The Morgan fingerprint density at radius 2 is 1.82 bits per heavy atom. The molecule has 0 saturated carbocycles. The molecule has 0 rings (SSSR count). The van der Waals surface area contributed by atoms with E-state index in [1.54, 1.807) is 0 Å². The molecule has 0 aromatic heterocycles. The van der Waals surface area contributed by atoms with E-state index in [2.05, 4.69) is 40.4 Å². The molecule has 0 fully saturated rings. The predicted molar refractivity (Wildman–Crippen MR) is 74.6 cm³/mol. The highest BCUT2D eigenvalue weighted by Gasteiger charge is 2.38. The number of hydrogen-bond donors (Lipinski definition) is 2. The Bertz CT molecular complexity index is 233. The minimum atomic E-state index is -1.84. The van der Waals surface area contributed by atoms with Crippen LogP contribution in [0.25, 0.3) is 0 Å². The molecule has 0 bridgehead atoms. The maximum absolute atomic E-state index is 9.42. The van der Waals surface area contributed by atoms with Crippen molar-refractivity contribution in [1.82, 2.24) is 0 Å². The van der Waals surface area contributed by atoms with Gasteiger partial charge in [0, 0.05) is 0 Å². The molecule has 0 amide bonds. The second-order valence-corrected chi connectivity index (χ2v) is 10.8. The Kier molecular flexibility index (Phi) is 6.62. The smallest absolute Gasteiger partial charge is 0.192 e. The van der Waals surface area contributed by atoms with Crippen LogP contribution >= 0.6 is 0 Å². The SMILES string of the molecule is C=C[C@H](O)CC[C@@H](CO)O[Si](C)(C)C(C)(C)C. The summed E-state index contributed by atoms with van der Waals surface area (Å²) in [7, 11) is -1.84. The van der Waals surface area contributed by atoms with Gasteiger partial charge in [-0.3, -0.25) is 0 Å². The van der Waals surface area contributed by atoms with Crippen LogP contribution in [0.3, 0.4) is 0 Å². The van der Waals surface area contributed by atoms with E-state index in [-0.39, 0.29) is 17.7 Å². The van der Waals surface area contributed by atoms with E-state index in [1.165, 1.54) is 6.08 Å². The zero-order valence-electron chi connectivity index (χ0n) is 11.9. The third-order valence-electron chi connectivity index (χ3n) is 3.53. The van der Waals surface area contributed by atoms with Crippen molar-refractivity contribution in [3.05, 3.63) is 12.7 Å². The molecule has 0 aromatic rings. The van der Waals surface area contributed by atoms with Gasteiger partial charge in [-0.25, -0.2) is 0 Å². The molecule has 4 heteroatoms. The molecule has 0 saturated heterocycles. The van der Waals surface area contributed by atoms with Gasteiger partial charge >= 0.3 is 0 Å². The molecule has 0 spiro atoms. The van der Waals surface area contributed by atoms with Crippen molar-refractivity contribution in [3.63, 3.8) is 0 Å². The van der Waals surface area contributed by atoms with E-state index in [9.17, 15) is 10.2 Å². The van der Waals surface area contributed by atoms with Crippen LogP contribution in [0, 0.1) is 0 Å². The van der Waals surface area contributed by atoms with Crippen LogP contribution in [0.2, 0.25) is 18.1 Å². The fourth-order valence-electron chi connectivity index (χ4n) is 1.26. The van der Waals surface area contributed by atoms with Crippen LogP contribution < -0.4 is 0 Å². The lowest BCUT2D eigenvalue weighted by atomic mass is 10.1. The van der Waals surface area contributed by atoms with Crippen molar-refractivity contribution >= 4 is 8.32 Å². The summed E-state index contributed by atoms with van der Waals surface area (Å²) in [5.74, 6) is 0. The standard InChI is InChI=1S/C13H28O3Si/c1-7-11(15)8-9-12(10-14)16-17(5,6)13(2,3)4/h7,11-12,14-15H,1,8-10H2,2-6H3/t11-,12-/m0/s1. The van der Waals surface area contributed by atoms with Crippen molar-refractivity contribution < 1.29 is 14.6 Å². The van der Waals surface area contributed by atoms with Crippen molar-refractivity contribution in [2.75, 3.05) is 6.61 Å². The molecule has 3 nitrogen and oxygen atoms in total. The molecule has 0 unspecified atom stereocenters. The van der Waals surface area contributed by atoms with Gasteiger partial charge in [-0.15, -0.1) is 6.58 Å². The van der Waals surface area contributed by atoms with Crippen LogP contribution in [0.5, 0.6) is 0 Å². The summed E-state index contributed by atoms with van der Waals surface area (Å²) in [6.07, 6.45) is 2.08. The Morgan fingerprint density at radius 3 is 2.18 bits per heavy atom. The highest BCUT2D eigenvalue weighted by atomic mass is 28.4. The zero-order valence-corrected chi connectivity index (χ0v) is 12.9. The molecule has 102 valence electrons. The Hall–Kier alpha value is -0.163. The molecule has 0 aromatic carbocycles. The lowest BCUT2D eigenvalue weighted by Crippen LogP contribution is -2.45. The van der Waals surface area contributed by atoms with Gasteiger partial charge in [0.2, 0.25) is 0 Å². The molecule has 0 aliphatic carbocycles. The predicted octanol–water partition coefficient (Wildman–Crippen LogP) is 2.70. The van der Waals surface area contributed by atoms with E-state index >= 15 is 0 Å². The summed E-state index contributed by atoms with van der Waals surface area (Å²) >= 11 is 0. The number of rotatable bonds is 7. The first-order valence-corrected chi connectivity index (χ1v) is 9.14. The van der Waals surface area contributed by atoms with Crippen molar-refractivity contribution in [1.29, 1.82) is 0 Å².